The molecule has 0 radical (unpaired) electrons. The first-order valence-electron chi connectivity index (χ1n) is 15.1. The van der Waals surface area contributed by atoms with Crippen LogP contribution in [0.15, 0.2) is 58.3 Å². The molecule has 238 valence electrons. The second kappa shape index (κ2) is 12.6. The lowest BCUT2D eigenvalue weighted by Gasteiger charge is -2.20. The van der Waals surface area contributed by atoms with Crippen molar-refractivity contribution in [3.8, 4) is 28.3 Å². The number of methoxy groups -OCH3 is 1. The summed E-state index contributed by atoms with van der Waals surface area (Å²) in [7, 11) is 4.44. The maximum atomic E-state index is 13.1. The van der Waals surface area contributed by atoms with Gasteiger partial charge in [-0.25, -0.2) is 9.78 Å². The van der Waals surface area contributed by atoms with Crippen molar-refractivity contribution in [3.63, 3.8) is 0 Å². The summed E-state index contributed by atoms with van der Waals surface area (Å²) in [5.41, 5.74) is 5.09. The van der Waals surface area contributed by atoms with Crippen LogP contribution in [-0.2, 0) is 25.3 Å². The summed E-state index contributed by atoms with van der Waals surface area (Å²) < 4.78 is 7.88. The van der Waals surface area contributed by atoms with Gasteiger partial charge < -0.3 is 25.3 Å². The summed E-state index contributed by atoms with van der Waals surface area (Å²) in [4.78, 5) is 54.4. The van der Waals surface area contributed by atoms with Crippen LogP contribution in [0.5, 0.6) is 5.88 Å². The molecule has 1 saturated heterocycles. The molecule has 2 amide bonds. The Morgan fingerprint density at radius 3 is 2.54 bits per heavy atom. The summed E-state index contributed by atoms with van der Waals surface area (Å²) >= 11 is 7.09. The van der Waals surface area contributed by atoms with E-state index in [-0.39, 0.29) is 23.6 Å². The average Bonchev–Trinajstić information content (AvgIpc) is 3.66. The van der Waals surface area contributed by atoms with E-state index in [9.17, 15) is 19.2 Å². The summed E-state index contributed by atoms with van der Waals surface area (Å²) in [5, 5.41) is 9.94. The van der Waals surface area contributed by atoms with Gasteiger partial charge in [-0.1, -0.05) is 41.9 Å². The Bertz CT molecular complexity index is 2000. The van der Waals surface area contributed by atoms with Gasteiger partial charge in [-0.2, -0.15) is 0 Å². The van der Waals surface area contributed by atoms with Crippen molar-refractivity contribution < 1.29 is 14.3 Å². The molecule has 3 heterocycles. The molecule has 2 aromatic carbocycles. The number of pyridine rings is 1. The van der Waals surface area contributed by atoms with Crippen molar-refractivity contribution in [3.05, 3.63) is 96.8 Å². The number of carbonyl (C=O) groups excluding carboxylic acids is 2. The average molecular weight is 643 g/mol. The number of nitrogens with zero attached hydrogens (tertiary/aromatic N) is 3. The molecule has 0 bridgehead atoms. The molecule has 3 N–H and O–H groups in total. The highest BCUT2D eigenvalue weighted by molar-refractivity contribution is 6.36. The summed E-state index contributed by atoms with van der Waals surface area (Å²) in [5.74, 6) is 0.0260. The molecule has 2 aliphatic rings. The SMILES string of the molecule is COc1nc(-c2cccc(-c3cccc(NC(=O)c4cn(C)c(=O)n(C)c4=O)c3C)c2Cl)cc2c1[C@@H](NC[C@@H]1CCC(=O)N1)CC2. The first-order valence-corrected chi connectivity index (χ1v) is 15.5. The predicted molar refractivity (Wildman–Crippen MR) is 177 cm³/mol. The van der Waals surface area contributed by atoms with Crippen molar-refractivity contribution in [2.24, 2.45) is 14.1 Å². The molecule has 2 aromatic heterocycles. The summed E-state index contributed by atoms with van der Waals surface area (Å²) in [6.45, 7) is 2.56. The second-order valence-corrected chi connectivity index (χ2v) is 12.2. The fourth-order valence-electron chi connectivity index (χ4n) is 6.37. The Hall–Kier alpha value is -4.74. The molecule has 6 rings (SSSR count). The van der Waals surface area contributed by atoms with Crippen LogP contribution >= 0.6 is 11.6 Å². The van der Waals surface area contributed by atoms with E-state index >= 15 is 0 Å². The zero-order valence-electron chi connectivity index (χ0n) is 26.1. The normalized spacial score (nSPS) is 17.1. The smallest absolute Gasteiger partial charge is 0.330 e. The highest BCUT2D eigenvalue weighted by Gasteiger charge is 2.30. The number of halogens is 1. The van der Waals surface area contributed by atoms with E-state index < -0.39 is 17.2 Å². The van der Waals surface area contributed by atoms with Crippen molar-refractivity contribution in [1.82, 2.24) is 24.8 Å². The van der Waals surface area contributed by atoms with Crippen LogP contribution in [0.2, 0.25) is 5.02 Å². The maximum absolute atomic E-state index is 13.1. The molecule has 0 spiro atoms. The number of aromatic nitrogens is 3. The van der Waals surface area contributed by atoms with Crippen LogP contribution < -0.4 is 31.9 Å². The minimum absolute atomic E-state index is 0.0763. The third-order valence-corrected chi connectivity index (χ3v) is 9.29. The number of rotatable bonds is 8. The minimum atomic E-state index is -0.674. The number of hydrogen-bond donors (Lipinski definition) is 3. The molecule has 12 heteroatoms. The van der Waals surface area contributed by atoms with Crippen molar-refractivity contribution >= 4 is 29.1 Å². The van der Waals surface area contributed by atoms with Gasteiger partial charge in [0.15, 0.2) is 0 Å². The van der Waals surface area contributed by atoms with E-state index in [2.05, 4.69) is 22.0 Å². The molecular weight excluding hydrogens is 608 g/mol. The summed E-state index contributed by atoms with van der Waals surface area (Å²) in [6.07, 6.45) is 4.39. The predicted octanol–water partition coefficient (Wildman–Crippen LogP) is 3.89. The molecule has 11 nitrogen and oxygen atoms in total. The number of amides is 2. The third kappa shape index (κ3) is 5.72. The van der Waals surface area contributed by atoms with Crippen LogP contribution in [0.3, 0.4) is 0 Å². The lowest BCUT2D eigenvalue weighted by molar-refractivity contribution is -0.119. The molecule has 1 aliphatic carbocycles. The summed E-state index contributed by atoms with van der Waals surface area (Å²) in [6, 6.07) is 13.5. The third-order valence-electron chi connectivity index (χ3n) is 8.89. The molecule has 1 aliphatic heterocycles. The van der Waals surface area contributed by atoms with E-state index in [4.69, 9.17) is 21.3 Å². The van der Waals surface area contributed by atoms with Crippen LogP contribution in [0.1, 0.15) is 52.4 Å². The van der Waals surface area contributed by atoms with Crippen molar-refractivity contribution in [2.75, 3.05) is 19.0 Å². The topological polar surface area (TPSA) is 136 Å². The van der Waals surface area contributed by atoms with Gasteiger partial charge in [-0.15, -0.1) is 0 Å². The maximum Gasteiger partial charge on any atom is 0.330 e. The number of fused-ring (bicyclic) bond motifs is 1. The van der Waals surface area contributed by atoms with Crippen LogP contribution in [-0.4, -0.2) is 45.6 Å². The van der Waals surface area contributed by atoms with E-state index in [0.29, 0.717) is 35.2 Å². The fraction of sp³-hybridized carbons (Fsp3) is 0.324. The van der Waals surface area contributed by atoms with Gasteiger partial charge in [0.25, 0.3) is 11.5 Å². The van der Waals surface area contributed by atoms with Crippen LogP contribution in [0.25, 0.3) is 22.4 Å². The molecule has 46 heavy (non-hydrogen) atoms. The highest BCUT2D eigenvalue weighted by Crippen LogP contribution is 2.43. The minimum Gasteiger partial charge on any atom is -0.481 e. The van der Waals surface area contributed by atoms with Gasteiger partial charge >= 0.3 is 5.69 Å². The van der Waals surface area contributed by atoms with Gasteiger partial charge in [-0.05, 0) is 55.0 Å². The molecule has 1 fully saturated rings. The van der Waals surface area contributed by atoms with Gasteiger partial charge in [0.1, 0.15) is 5.56 Å². The van der Waals surface area contributed by atoms with Crippen LogP contribution in [0, 0.1) is 6.92 Å². The monoisotopic (exact) mass is 642 g/mol. The Kier molecular flexibility index (Phi) is 8.54. The first kappa shape index (κ1) is 31.3. The van der Waals surface area contributed by atoms with E-state index in [0.717, 1.165) is 57.2 Å². The molecule has 2 atom stereocenters. The highest BCUT2D eigenvalue weighted by atomic mass is 35.5. The Labute approximate surface area is 270 Å². The Morgan fingerprint density at radius 1 is 1.07 bits per heavy atom. The quantitative estimate of drug-likeness (QED) is 0.265. The number of benzene rings is 2. The number of aryl methyl sites for hydroxylation is 2. The second-order valence-electron chi connectivity index (χ2n) is 11.8. The zero-order valence-corrected chi connectivity index (χ0v) is 26.8. The van der Waals surface area contributed by atoms with Gasteiger partial charge in [0.2, 0.25) is 11.8 Å². The van der Waals surface area contributed by atoms with Crippen LogP contribution in [0.4, 0.5) is 5.69 Å². The number of carbonyl (C=O) groups is 2. The van der Waals surface area contributed by atoms with E-state index in [1.165, 1.54) is 24.9 Å². The number of ether oxygens (including phenoxy) is 1. The van der Waals surface area contributed by atoms with Crippen molar-refractivity contribution in [1.29, 1.82) is 0 Å². The standard InChI is InChI=1S/C34H35ClN6O5/c1-18-21(7-6-10-25(18)38-31(43)24-17-40(2)34(45)41(3)33(24)44)22-8-5-9-23(30(22)35)27-15-19-11-13-26(29(19)32(39-27)46-4)36-16-20-12-14-28(42)37-20/h5-10,15,17,20,26,36H,11-14,16H2,1-4H3,(H,37,42)(H,38,43)/t20-,26-/m0/s1. The largest absolute Gasteiger partial charge is 0.481 e. The van der Waals surface area contributed by atoms with Gasteiger partial charge in [-0.3, -0.25) is 19.0 Å². The van der Waals surface area contributed by atoms with E-state index in [1.54, 1.807) is 19.2 Å². The van der Waals surface area contributed by atoms with Gasteiger partial charge in [0.05, 0.1) is 17.8 Å². The first-order chi connectivity index (χ1) is 22.1. The van der Waals surface area contributed by atoms with Gasteiger partial charge in [0, 0.05) is 67.7 Å². The zero-order chi connectivity index (χ0) is 32.7. The van der Waals surface area contributed by atoms with Crippen molar-refractivity contribution in [2.45, 2.75) is 44.7 Å². The Morgan fingerprint density at radius 2 is 1.80 bits per heavy atom. The van der Waals surface area contributed by atoms with E-state index in [1.807, 2.05) is 31.2 Å². The fourth-order valence-corrected chi connectivity index (χ4v) is 6.70. The lowest BCUT2D eigenvalue weighted by Crippen LogP contribution is -2.40. The lowest BCUT2D eigenvalue weighted by atomic mass is 9.96. The molecule has 0 unspecified atom stereocenters. The molecular formula is C34H35ClN6O5. The number of hydrogen-bond acceptors (Lipinski definition) is 7. The molecule has 0 saturated carbocycles. The number of anilines is 1. The molecule has 4 aromatic rings. The number of nitrogens with one attached hydrogen (secondary N) is 3. The Balaban J connectivity index is 1.29.